The molecule has 128 valence electrons. The Hall–Kier alpha value is -1.14. The lowest BCUT2D eigenvalue weighted by molar-refractivity contribution is -0.124. The van der Waals surface area contributed by atoms with Crippen molar-refractivity contribution in [3.63, 3.8) is 0 Å². The first-order chi connectivity index (χ1) is 10.9. The number of nitrogens with one attached hydrogen (secondary N) is 1. The molecule has 0 aliphatic carbocycles. The average Bonchev–Trinajstić information content (AvgIpc) is 2.54. The Balaban J connectivity index is 1.87. The Kier molecular flexibility index (Phi) is 6.41. The molecule has 0 bridgehead atoms. The standard InChI is InChI=1S/C17H25ClN2O3/c1-20(2)17(7-9-23-10-8-17)12-19-16(22)11-15(21)13-3-5-14(18)6-4-13/h3-6,15,21H,7-12H2,1-2H3,(H,19,22). The van der Waals surface area contributed by atoms with E-state index in [2.05, 4.69) is 10.2 Å². The minimum absolute atomic E-state index is 0.0433. The molecular weight excluding hydrogens is 316 g/mol. The van der Waals surface area contributed by atoms with Gasteiger partial charge in [-0.3, -0.25) is 4.79 Å². The van der Waals surface area contributed by atoms with Crippen molar-refractivity contribution in [1.29, 1.82) is 0 Å². The average molecular weight is 341 g/mol. The van der Waals surface area contributed by atoms with E-state index >= 15 is 0 Å². The zero-order valence-electron chi connectivity index (χ0n) is 13.7. The Labute approximate surface area is 142 Å². The Morgan fingerprint density at radius 1 is 1.35 bits per heavy atom. The van der Waals surface area contributed by atoms with E-state index in [0.717, 1.165) is 12.8 Å². The molecule has 1 aromatic carbocycles. The van der Waals surface area contributed by atoms with E-state index in [1.54, 1.807) is 24.3 Å². The zero-order chi connectivity index (χ0) is 16.9. The van der Waals surface area contributed by atoms with Crippen molar-refractivity contribution in [3.05, 3.63) is 34.9 Å². The molecule has 6 heteroatoms. The van der Waals surface area contributed by atoms with Crippen LogP contribution in [-0.4, -0.2) is 55.3 Å². The minimum Gasteiger partial charge on any atom is -0.388 e. The van der Waals surface area contributed by atoms with Crippen molar-refractivity contribution in [1.82, 2.24) is 10.2 Å². The van der Waals surface area contributed by atoms with Crippen LogP contribution in [0.1, 0.15) is 30.9 Å². The van der Waals surface area contributed by atoms with Gasteiger partial charge in [0.05, 0.1) is 12.5 Å². The third-order valence-electron chi connectivity index (χ3n) is 4.62. The molecule has 0 spiro atoms. The highest BCUT2D eigenvalue weighted by Gasteiger charge is 2.35. The van der Waals surface area contributed by atoms with Crippen molar-refractivity contribution in [3.8, 4) is 0 Å². The molecule has 1 saturated heterocycles. The first-order valence-electron chi connectivity index (χ1n) is 7.88. The van der Waals surface area contributed by atoms with Gasteiger partial charge in [-0.25, -0.2) is 0 Å². The fourth-order valence-corrected chi connectivity index (χ4v) is 2.97. The van der Waals surface area contributed by atoms with E-state index in [4.69, 9.17) is 16.3 Å². The lowest BCUT2D eigenvalue weighted by Gasteiger charge is -2.42. The van der Waals surface area contributed by atoms with Gasteiger partial charge in [0.25, 0.3) is 0 Å². The van der Waals surface area contributed by atoms with Crippen molar-refractivity contribution in [2.24, 2.45) is 0 Å². The second-order valence-corrected chi connectivity index (χ2v) is 6.72. The van der Waals surface area contributed by atoms with Crippen LogP contribution >= 0.6 is 11.6 Å². The predicted molar refractivity (Wildman–Crippen MR) is 90.5 cm³/mol. The molecule has 1 unspecified atom stereocenters. The van der Waals surface area contributed by atoms with Crippen LogP contribution < -0.4 is 5.32 Å². The lowest BCUT2D eigenvalue weighted by Crippen LogP contribution is -2.55. The summed E-state index contributed by atoms with van der Waals surface area (Å²) in [6.07, 6.45) is 0.999. The quantitative estimate of drug-likeness (QED) is 0.831. The number of aliphatic hydroxyl groups excluding tert-OH is 1. The van der Waals surface area contributed by atoms with Crippen LogP contribution in [-0.2, 0) is 9.53 Å². The van der Waals surface area contributed by atoms with Crippen LogP contribution in [0.4, 0.5) is 0 Å². The smallest absolute Gasteiger partial charge is 0.223 e. The van der Waals surface area contributed by atoms with Gasteiger partial charge in [0, 0.05) is 30.3 Å². The van der Waals surface area contributed by atoms with E-state index < -0.39 is 6.10 Å². The van der Waals surface area contributed by atoms with Gasteiger partial charge in [-0.2, -0.15) is 0 Å². The van der Waals surface area contributed by atoms with Gasteiger partial charge >= 0.3 is 0 Å². The Morgan fingerprint density at radius 2 is 1.96 bits per heavy atom. The molecular formula is C17H25ClN2O3. The summed E-state index contributed by atoms with van der Waals surface area (Å²) in [4.78, 5) is 14.3. The number of halogens is 1. The number of likely N-dealkylation sites (N-methyl/N-ethyl adjacent to an activating group) is 1. The van der Waals surface area contributed by atoms with Crippen molar-refractivity contribution >= 4 is 17.5 Å². The molecule has 23 heavy (non-hydrogen) atoms. The van der Waals surface area contributed by atoms with Crippen molar-refractivity contribution in [2.45, 2.75) is 30.9 Å². The van der Waals surface area contributed by atoms with Gasteiger partial charge in [0.2, 0.25) is 5.91 Å². The van der Waals surface area contributed by atoms with Gasteiger partial charge in [0.1, 0.15) is 0 Å². The molecule has 5 nitrogen and oxygen atoms in total. The molecule has 1 atom stereocenters. The molecule has 1 aliphatic heterocycles. The first-order valence-corrected chi connectivity index (χ1v) is 8.26. The highest BCUT2D eigenvalue weighted by molar-refractivity contribution is 6.30. The predicted octanol–water partition coefficient (Wildman–Crippen LogP) is 1.99. The number of amides is 1. The summed E-state index contributed by atoms with van der Waals surface area (Å²) >= 11 is 5.83. The van der Waals surface area contributed by atoms with E-state index in [1.165, 1.54) is 0 Å². The summed E-state index contributed by atoms with van der Waals surface area (Å²) < 4.78 is 5.42. The number of benzene rings is 1. The van der Waals surface area contributed by atoms with Gasteiger partial charge in [-0.15, -0.1) is 0 Å². The van der Waals surface area contributed by atoms with Gasteiger partial charge in [0.15, 0.2) is 0 Å². The third kappa shape index (κ3) is 4.91. The van der Waals surface area contributed by atoms with Gasteiger partial charge < -0.3 is 20.1 Å². The fraction of sp³-hybridized carbons (Fsp3) is 0.588. The van der Waals surface area contributed by atoms with Gasteiger partial charge in [-0.05, 0) is 44.6 Å². The number of carbonyl (C=O) groups excluding carboxylic acids is 1. The summed E-state index contributed by atoms with van der Waals surface area (Å²) in [5, 5.41) is 13.7. The Bertz CT molecular complexity index is 513. The summed E-state index contributed by atoms with van der Waals surface area (Å²) in [7, 11) is 4.06. The molecule has 0 aromatic heterocycles. The van der Waals surface area contributed by atoms with Gasteiger partial charge in [-0.1, -0.05) is 23.7 Å². The molecule has 0 radical (unpaired) electrons. The van der Waals surface area contributed by atoms with Crippen molar-refractivity contribution < 1.29 is 14.6 Å². The molecule has 2 rings (SSSR count). The molecule has 1 heterocycles. The zero-order valence-corrected chi connectivity index (χ0v) is 14.5. The van der Waals surface area contributed by atoms with E-state index in [1.807, 2.05) is 14.1 Å². The van der Waals surface area contributed by atoms with Crippen LogP contribution in [0.5, 0.6) is 0 Å². The maximum Gasteiger partial charge on any atom is 0.223 e. The molecule has 1 fully saturated rings. The maximum atomic E-state index is 12.2. The topological polar surface area (TPSA) is 61.8 Å². The van der Waals surface area contributed by atoms with E-state index in [-0.39, 0.29) is 17.9 Å². The molecule has 2 N–H and O–H groups in total. The number of hydrogen-bond donors (Lipinski definition) is 2. The van der Waals surface area contributed by atoms with Crippen LogP contribution in [0.15, 0.2) is 24.3 Å². The van der Waals surface area contributed by atoms with Crippen molar-refractivity contribution in [2.75, 3.05) is 33.9 Å². The van der Waals surface area contributed by atoms with Crippen LogP contribution in [0.2, 0.25) is 5.02 Å². The number of aliphatic hydroxyl groups is 1. The minimum atomic E-state index is -0.822. The summed E-state index contributed by atoms with van der Waals surface area (Å²) in [5.74, 6) is -0.153. The van der Waals surface area contributed by atoms with E-state index in [9.17, 15) is 9.90 Å². The third-order valence-corrected chi connectivity index (χ3v) is 4.87. The second-order valence-electron chi connectivity index (χ2n) is 6.28. The fourth-order valence-electron chi connectivity index (χ4n) is 2.85. The summed E-state index contributed by atoms with van der Waals surface area (Å²) in [6.45, 7) is 1.98. The number of nitrogens with zero attached hydrogens (tertiary/aromatic N) is 1. The summed E-state index contributed by atoms with van der Waals surface area (Å²) in [5.41, 5.74) is 0.622. The summed E-state index contributed by atoms with van der Waals surface area (Å²) in [6, 6.07) is 6.89. The highest BCUT2D eigenvalue weighted by atomic mass is 35.5. The largest absolute Gasteiger partial charge is 0.388 e. The molecule has 1 aliphatic rings. The number of rotatable bonds is 6. The lowest BCUT2D eigenvalue weighted by atomic mass is 9.88. The SMILES string of the molecule is CN(C)C1(CNC(=O)CC(O)c2ccc(Cl)cc2)CCOCC1. The highest BCUT2D eigenvalue weighted by Crippen LogP contribution is 2.25. The van der Waals surface area contributed by atoms with Crippen LogP contribution in [0.25, 0.3) is 0 Å². The van der Waals surface area contributed by atoms with Crippen LogP contribution in [0.3, 0.4) is 0 Å². The molecule has 1 amide bonds. The second kappa shape index (κ2) is 8.11. The Morgan fingerprint density at radius 3 is 2.52 bits per heavy atom. The number of carbonyl (C=O) groups is 1. The monoisotopic (exact) mass is 340 g/mol. The normalized spacial score (nSPS) is 18.7. The number of ether oxygens (including phenoxy) is 1. The first kappa shape index (κ1) is 18.2. The number of hydrogen-bond acceptors (Lipinski definition) is 4. The maximum absolute atomic E-state index is 12.2. The van der Waals surface area contributed by atoms with Crippen LogP contribution in [0, 0.1) is 0 Å². The van der Waals surface area contributed by atoms with E-state index in [0.29, 0.717) is 30.3 Å². The molecule has 1 aromatic rings. The molecule has 0 saturated carbocycles.